The minimum atomic E-state index is -0.235. The summed E-state index contributed by atoms with van der Waals surface area (Å²) in [5.41, 5.74) is 2.53. The molecule has 1 rings (SSSR count). The van der Waals surface area contributed by atoms with Crippen LogP contribution in [0.5, 0.6) is 0 Å². The van der Waals surface area contributed by atoms with E-state index in [0.29, 0.717) is 6.54 Å². The van der Waals surface area contributed by atoms with Crippen molar-refractivity contribution in [2.75, 3.05) is 13.2 Å². The van der Waals surface area contributed by atoms with Crippen LogP contribution in [0.2, 0.25) is 0 Å². The Labute approximate surface area is 108 Å². The van der Waals surface area contributed by atoms with Gasteiger partial charge in [-0.2, -0.15) is 0 Å². The molecular weight excluding hydrogens is 228 g/mol. The Morgan fingerprint density at radius 1 is 1.28 bits per heavy atom. The fourth-order valence-electron chi connectivity index (χ4n) is 1.58. The number of rotatable bonds is 6. The largest absolute Gasteiger partial charge is 0.394 e. The SMILES string of the molecule is CCc1ccc(CCNC(=O)N[C@@H](C)CO)cc1. The van der Waals surface area contributed by atoms with Crippen molar-refractivity contribution in [3.63, 3.8) is 0 Å². The van der Waals surface area contributed by atoms with Gasteiger partial charge < -0.3 is 15.7 Å². The summed E-state index contributed by atoms with van der Waals surface area (Å²) in [6.45, 7) is 4.42. The van der Waals surface area contributed by atoms with Gasteiger partial charge in [0.2, 0.25) is 0 Å². The molecular formula is C14H22N2O2. The summed E-state index contributed by atoms with van der Waals surface area (Å²) in [4.78, 5) is 11.4. The number of benzene rings is 1. The fraction of sp³-hybridized carbons (Fsp3) is 0.500. The Bertz CT molecular complexity index is 363. The molecule has 0 aliphatic heterocycles. The molecule has 3 N–H and O–H groups in total. The van der Waals surface area contributed by atoms with Gasteiger partial charge in [0.15, 0.2) is 0 Å². The highest BCUT2D eigenvalue weighted by Crippen LogP contribution is 2.05. The first-order chi connectivity index (χ1) is 8.65. The number of amides is 2. The average Bonchev–Trinajstić information content (AvgIpc) is 2.39. The number of hydrogen-bond donors (Lipinski definition) is 3. The average molecular weight is 250 g/mol. The number of aliphatic hydroxyl groups is 1. The lowest BCUT2D eigenvalue weighted by Gasteiger charge is -2.11. The normalized spacial score (nSPS) is 11.9. The highest BCUT2D eigenvalue weighted by Gasteiger charge is 2.04. The molecule has 0 fully saturated rings. The fourth-order valence-corrected chi connectivity index (χ4v) is 1.58. The zero-order chi connectivity index (χ0) is 13.4. The van der Waals surface area contributed by atoms with E-state index < -0.39 is 0 Å². The highest BCUT2D eigenvalue weighted by atomic mass is 16.3. The molecule has 0 radical (unpaired) electrons. The zero-order valence-electron chi connectivity index (χ0n) is 11.1. The number of hydrogen-bond acceptors (Lipinski definition) is 2. The number of urea groups is 1. The Balaban J connectivity index is 2.26. The summed E-state index contributed by atoms with van der Waals surface area (Å²) < 4.78 is 0. The molecule has 18 heavy (non-hydrogen) atoms. The monoisotopic (exact) mass is 250 g/mol. The van der Waals surface area contributed by atoms with Crippen LogP contribution >= 0.6 is 0 Å². The molecule has 4 nitrogen and oxygen atoms in total. The predicted octanol–water partition coefficient (Wildman–Crippen LogP) is 1.47. The molecule has 0 aliphatic rings. The number of carbonyl (C=O) groups excluding carboxylic acids is 1. The second kappa shape index (κ2) is 7.71. The second-order valence-corrected chi connectivity index (χ2v) is 4.40. The Morgan fingerprint density at radius 2 is 1.89 bits per heavy atom. The zero-order valence-corrected chi connectivity index (χ0v) is 11.1. The van der Waals surface area contributed by atoms with Crippen LogP contribution in [-0.4, -0.2) is 30.3 Å². The Morgan fingerprint density at radius 3 is 2.44 bits per heavy atom. The molecule has 0 spiro atoms. The van der Waals surface area contributed by atoms with E-state index in [1.54, 1.807) is 6.92 Å². The van der Waals surface area contributed by atoms with Gasteiger partial charge in [-0.1, -0.05) is 31.2 Å². The molecule has 4 heteroatoms. The minimum Gasteiger partial charge on any atom is -0.394 e. The first-order valence-electron chi connectivity index (χ1n) is 6.38. The van der Waals surface area contributed by atoms with Crippen LogP contribution in [0.3, 0.4) is 0 Å². The maximum absolute atomic E-state index is 11.4. The minimum absolute atomic E-state index is 0.0497. The summed E-state index contributed by atoms with van der Waals surface area (Å²) in [5, 5.41) is 14.2. The van der Waals surface area contributed by atoms with Crippen LogP contribution in [-0.2, 0) is 12.8 Å². The standard InChI is InChI=1S/C14H22N2O2/c1-3-12-4-6-13(7-5-12)8-9-15-14(18)16-11(2)10-17/h4-7,11,17H,3,8-10H2,1-2H3,(H2,15,16,18)/t11-/m0/s1. The molecule has 1 atom stereocenters. The molecule has 0 saturated carbocycles. The van der Waals surface area contributed by atoms with Crippen LogP contribution in [0, 0.1) is 0 Å². The number of aliphatic hydroxyl groups excluding tert-OH is 1. The quantitative estimate of drug-likeness (QED) is 0.716. The molecule has 2 amide bonds. The lowest BCUT2D eigenvalue weighted by Crippen LogP contribution is -2.42. The van der Waals surface area contributed by atoms with Gasteiger partial charge in [-0.05, 0) is 30.9 Å². The lowest BCUT2D eigenvalue weighted by atomic mass is 10.1. The second-order valence-electron chi connectivity index (χ2n) is 4.40. The molecule has 0 aromatic heterocycles. The third-order valence-electron chi connectivity index (χ3n) is 2.78. The number of aryl methyl sites for hydroxylation is 1. The number of carbonyl (C=O) groups is 1. The molecule has 0 unspecified atom stereocenters. The molecule has 0 heterocycles. The van der Waals surface area contributed by atoms with Crippen molar-refractivity contribution in [1.82, 2.24) is 10.6 Å². The first-order valence-corrected chi connectivity index (χ1v) is 6.38. The maximum atomic E-state index is 11.4. The van der Waals surface area contributed by atoms with Gasteiger partial charge in [0, 0.05) is 6.54 Å². The van der Waals surface area contributed by atoms with Crippen molar-refractivity contribution in [3.8, 4) is 0 Å². The van der Waals surface area contributed by atoms with Crippen LogP contribution in [0.15, 0.2) is 24.3 Å². The van der Waals surface area contributed by atoms with Gasteiger partial charge in [0.05, 0.1) is 12.6 Å². The van der Waals surface area contributed by atoms with Crippen LogP contribution in [0.1, 0.15) is 25.0 Å². The van der Waals surface area contributed by atoms with Crippen molar-refractivity contribution in [2.45, 2.75) is 32.7 Å². The van der Waals surface area contributed by atoms with Crippen molar-refractivity contribution in [1.29, 1.82) is 0 Å². The molecule has 1 aromatic carbocycles. The van der Waals surface area contributed by atoms with Crippen LogP contribution < -0.4 is 10.6 Å². The smallest absolute Gasteiger partial charge is 0.315 e. The summed E-state index contributed by atoms with van der Waals surface area (Å²) in [6, 6.07) is 7.96. The van der Waals surface area contributed by atoms with E-state index >= 15 is 0 Å². The first kappa shape index (κ1) is 14.5. The topological polar surface area (TPSA) is 61.4 Å². The van der Waals surface area contributed by atoms with E-state index in [2.05, 4.69) is 41.8 Å². The lowest BCUT2D eigenvalue weighted by molar-refractivity contribution is 0.220. The van der Waals surface area contributed by atoms with E-state index in [1.165, 1.54) is 11.1 Å². The van der Waals surface area contributed by atoms with Crippen LogP contribution in [0.25, 0.3) is 0 Å². The Hall–Kier alpha value is -1.55. The molecule has 0 saturated heterocycles. The summed E-state index contributed by atoms with van der Waals surface area (Å²) in [7, 11) is 0. The van der Waals surface area contributed by atoms with E-state index in [0.717, 1.165) is 12.8 Å². The Kier molecular flexibility index (Phi) is 6.22. The summed E-state index contributed by atoms with van der Waals surface area (Å²) in [6.07, 6.45) is 1.85. The molecule has 0 aliphatic carbocycles. The molecule has 100 valence electrons. The van der Waals surface area contributed by atoms with Crippen molar-refractivity contribution in [3.05, 3.63) is 35.4 Å². The molecule has 1 aromatic rings. The van der Waals surface area contributed by atoms with Crippen LogP contribution in [0.4, 0.5) is 4.79 Å². The van der Waals surface area contributed by atoms with Gasteiger partial charge in [-0.3, -0.25) is 0 Å². The predicted molar refractivity (Wildman–Crippen MR) is 72.6 cm³/mol. The van der Waals surface area contributed by atoms with Gasteiger partial charge in [-0.15, -0.1) is 0 Å². The van der Waals surface area contributed by atoms with E-state index in [-0.39, 0.29) is 18.7 Å². The number of nitrogens with one attached hydrogen (secondary N) is 2. The summed E-state index contributed by atoms with van der Waals surface area (Å²) in [5.74, 6) is 0. The highest BCUT2D eigenvalue weighted by molar-refractivity contribution is 5.74. The van der Waals surface area contributed by atoms with E-state index in [1.807, 2.05) is 0 Å². The van der Waals surface area contributed by atoms with E-state index in [9.17, 15) is 4.79 Å². The summed E-state index contributed by atoms with van der Waals surface area (Å²) >= 11 is 0. The van der Waals surface area contributed by atoms with Gasteiger partial charge in [0.1, 0.15) is 0 Å². The maximum Gasteiger partial charge on any atom is 0.315 e. The van der Waals surface area contributed by atoms with Crippen molar-refractivity contribution >= 4 is 6.03 Å². The third kappa shape index (κ3) is 5.19. The van der Waals surface area contributed by atoms with Gasteiger partial charge >= 0.3 is 6.03 Å². The van der Waals surface area contributed by atoms with Crippen molar-refractivity contribution in [2.24, 2.45) is 0 Å². The van der Waals surface area contributed by atoms with Gasteiger partial charge in [-0.25, -0.2) is 4.79 Å². The molecule has 0 bridgehead atoms. The van der Waals surface area contributed by atoms with E-state index in [4.69, 9.17) is 5.11 Å². The van der Waals surface area contributed by atoms with Crippen molar-refractivity contribution < 1.29 is 9.90 Å². The third-order valence-corrected chi connectivity index (χ3v) is 2.78. The van der Waals surface area contributed by atoms with Gasteiger partial charge in [0.25, 0.3) is 0 Å².